The van der Waals surface area contributed by atoms with Crippen molar-refractivity contribution in [1.29, 1.82) is 0 Å². The number of esters is 1. The third-order valence-electron chi connectivity index (χ3n) is 1.77. The second-order valence-electron chi connectivity index (χ2n) is 3.39. The largest absolute Gasteiger partial charge is 0.449 e. The summed E-state index contributed by atoms with van der Waals surface area (Å²) in [5.74, 6) is 5.17. The summed E-state index contributed by atoms with van der Waals surface area (Å²) in [6.45, 7) is 1.69. The van der Waals surface area contributed by atoms with Crippen molar-refractivity contribution in [2.45, 2.75) is 13.3 Å². The molecule has 1 aromatic heterocycles. The summed E-state index contributed by atoms with van der Waals surface area (Å²) in [6.07, 6.45) is 5.28. The van der Waals surface area contributed by atoms with Gasteiger partial charge in [-0.3, -0.25) is 4.98 Å². The normalized spacial score (nSPS) is 10.3. The first-order valence-electron chi connectivity index (χ1n) is 5.13. The average Bonchev–Trinajstić information content (AvgIpc) is 2.29. The molecule has 0 amide bonds. The molecule has 0 bridgehead atoms. The minimum absolute atomic E-state index is 0.0723. The molecule has 17 heavy (non-hydrogen) atoms. The first-order chi connectivity index (χ1) is 8.18. The van der Waals surface area contributed by atoms with Crippen molar-refractivity contribution < 1.29 is 9.53 Å². The van der Waals surface area contributed by atoms with Crippen molar-refractivity contribution >= 4 is 5.97 Å². The number of rotatable bonds is 3. The zero-order valence-corrected chi connectivity index (χ0v) is 9.64. The van der Waals surface area contributed by atoms with Gasteiger partial charge in [-0.25, -0.2) is 4.79 Å². The molecule has 1 rings (SSSR count). The number of hydrogen-bond acceptors (Lipinski definition) is 4. The maximum atomic E-state index is 11.0. The van der Waals surface area contributed by atoms with Crippen LogP contribution in [0.1, 0.15) is 12.5 Å². The van der Waals surface area contributed by atoms with E-state index in [9.17, 15) is 4.79 Å². The molecule has 0 aliphatic rings. The number of nitrogens with two attached hydrogens (primary N) is 1. The Morgan fingerprint density at radius 2 is 2.41 bits per heavy atom. The molecule has 0 aromatic carbocycles. The van der Waals surface area contributed by atoms with Gasteiger partial charge >= 0.3 is 5.97 Å². The number of allylic oxidation sites excluding steroid dienone is 1. The molecule has 0 saturated carbocycles. The lowest BCUT2D eigenvalue weighted by Crippen LogP contribution is -2.04. The zero-order valence-electron chi connectivity index (χ0n) is 9.64. The lowest BCUT2D eigenvalue weighted by molar-refractivity contribution is -0.136. The van der Waals surface area contributed by atoms with Gasteiger partial charge in [0.2, 0.25) is 0 Å². The molecule has 88 valence electrons. The molecule has 0 aliphatic carbocycles. The van der Waals surface area contributed by atoms with Crippen molar-refractivity contribution in [1.82, 2.24) is 4.98 Å². The van der Waals surface area contributed by atoms with Crippen LogP contribution >= 0.6 is 0 Å². The number of nitrogens with zero attached hydrogens (tertiary/aromatic N) is 1. The van der Waals surface area contributed by atoms with Crippen LogP contribution in [0, 0.1) is 11.8 Å². The van der Waals surface area contributed by atoms with Crippen LogP contribution in [0.2, 0.25) is 0 Å². The van der Waals surface area contributed by atoms with Crippen LogP contribution in [0.15, 0.2) is 36.3 Å². The second-order valence-corrected chi connectivity index (χ2v) is 3.39. The van der Waals surface area contributed by atoms with E-state index in [1.54, 1.807) is 19.3 Å². The quantitative estimate of drug-likeness (QED) is 0.478. The number of aromatic nitrogens is 1. The van der Waals surface area contributed by atoms with Crippen LogP contribution in [0.4, 0.5) is 0 Å². The highest BCUT2D eigenvalue weighted by molar-refractivity contribution is 5.82. The van der Waals surface area contributed by atoms with Gasteiger partial charge in [-0.05, 0) is 18.6 Å². The molecule has 0 saturated heterocycles. The summed E-state index contributed by atoms with van der Waals surface area (Å²) in [7, 11) is 0. The number of ether oxygens (including phenoxy) is 1. The van der Waals surface area contributed by atoms with Crippen LogP contribution in [0.5, 0.6) is 0 Å². The Kier molecular flexibility index (Phi) is 5.32. The molecule has 4 nitrogen and oxygen atoms in total. The van der Waals surface area contributed by atoms with E-state index in [-0.39, 0.29) is 6.61 Å². The standard InChI is InChI=1S/C13H14N2O2/c1-11(14)9-13(16)17-8-3-2-5-12-6-4-7-15-10-12/h4,6-7,9-10H,5,8,14H2,1H3/b11-9-. The molecule has 1 aromatic rings. The molecular formula is C13H14N2O2. The lowest BCUT2D eigenvalue weighted by atomic mass is 10.2. The van der Waals surface area contributed by atoms with Crippen LogP contribution in [0.3, 0.4) is 0 Å². The second kappa shape index (κ2) is 7.07. The molecular weight excluding hydrogens is 216 g/mol. The van der Waals surface area contributed by atoms with Crippen LogP contribution < -0.4 is 5.73 Å². The van der Waals surface area contributed by atoms with Crippen molar-refractivity contribution in [3.63, 3.8) is 0 Å². The number of carbonyl (C=O) groups is 1. The van der Waals surface area contributed by atoms with Crippen LogP contribution in [-0.2, 0) is 16.0 Å². The van der Waals surface area contributed by atoms with Gasteiger partial charge < -0.3 is 10.5 Å². The maximum Gasteiger partial charge on any atom is 0.333 e. The fourth-order valence-electron chi connectivity index (χ4n) is 1.05. The maximum absolute atomic E-state index is 11.0. The predicted octanol–water partition coefficient (Wildman–Crippen LogP) is 1.03. The Morgan fingerprint density at radius 3 is 3.06 bits per heavy atom. The van der Waals surface area contributed by atoms with Gasteiger partial charge in [0.05, 0.1) is 0 Å². The first kappa shape index (κ1) is 12.8. The van der Waals surface area contributed by atoms with E-state index >= 15 is 0 Å². The molecule has 0 spiro atoms. The molecule has 2 N–H and O–H groups in total. The van der Waals surface area contributed by atoms with E-state index in [1.165, 1.54) is 6.08 Å². The third kappa shape index (κ3) is 6.00. The van der Waals surface area contributed by atoms with Gasteiger partial charge in [-0.15, -0.1) is 0 Å². The lowest BCUT2D eigenvalue weighted by Gasteiger charge is -1.95. The van der Waals surface area contributed by atoms with Crippen molar-refractivity contribution in [3.8, 4) is 11.8 Å². The SMILES string of the molecule is C/C(N)=C/C(=O)OCC#CCc1cccnc1. The summed E-state index contributed by atoms with van der Waals surface area (Å²) < 4.78 is 4.81. The molecule has 0 aliphatic heterocycles. The van der Waals surface area contributed by atoms with Crippen molar-refractivity contribution in [3.05, 3.63) is 41.9 Å². The summed E-state index contributed by atoms with van der Waals surface area (Å²) in [6, 6.07) is 3.79. The molecule has 0 atom stereocenters. The molecule has 0 fully saturated rings. The monoisotopic (exact) mass is 230 g/mol. The average molecular weight is 230 g/mol. The number of hydrogen-bond donors (Lipinski definition) is 1. The van der Waals surface area contributed by atoms with E-state index in [0.29, 0.717) is 12.1 Å². The summed E-state index contributed by atoms with van der Waals surface area (Å²) in [5, 5.41) is 0. The Hall–Kier alpha value is -2.28. The topological polar surface area (TPSA) is 65.2 Å². The summed E-state index contributed by atoms with van der Waals surface area (Å²) in [5.41, 5.74) is 6.76. The van der Waals surface area contributed by atoms with Gasteiger partial charge in [0.25, 0.3) is 0 Å². The predicted molar refractivity (Wildman–Crippen MR) is 64.6 cm³/mol. The van der Waals surface area contributed by atoms with Gasteiger partial charge in [0.15, 0.2) is 6.61 Å². The van der Waals surface area contributed by atoms with Crippen molar-refractivity contribution in [2.24, 2.45) is 5.73 Å². The van der Waals surface area contributed by atoms with E-state index in [4.69, 9.17) is 10.5 Å². The first-order valence-corrected chi connectivity index (χ1v) is 5.13. The van der Waals surface area contributed by atoms with Gasteiger partial charge in [0, 0.05) is 30.6 Å². The highest BCUT2D eigenvalue weighted by Crippen LogP contribution is 1.94. The van der Waals surface area contributed by atoms with E-state index in [0.717, 1.165) is 5.56 Å². The Morgan fingerprint density at radius 1 is 1.59 bits per heavy atom. The van der Waals surface area contributed by atoms with Crippen molar-refractivity contribution in [2.75, 3.05) is 6.61 Å². The van der Waals surface area contributed by atoms with Crippen LogP contribution in [-0.4, -0.2) is 17.6 Å². The van der Waals surface area contributed by atoms with E-state index in [1.807, 2.05) is 12.1 Å². The Balaban J connectivity index is 2.28. The molecule has 4 heteroatoms. The Labute approximate surface area is 100 Å². The molecule has 0 unspecified atom stereocenters. The Bertz CT molecular complexity index is 451. The smallest absolute Gasteiger partial charge is 0.333 e. The minimum atomic E-state index is -0.472. The minimum Gasteiger partial charge on any atom is -0.449 e. The van der Waals surface area contributed by atoms with Gasteiger partial charge in [-0.1, -0.05) is 17.9 Å². The van der Waals surface area contributed by atoms with E-state index in [2.05, 4.69) is 16.8 Å². The number of pyridine rings is 1. The highest BCUT2D eigenvalue weighted by atomic mass is 16.5. The molecule has 0 radical (unpaired) electrons. The fraction of sp³-hybridized carbons (Fsp3) is 0.231. The van der Waals surface area contributed by atoms with Gasteiger partial charge in [0.1, 0.15) is 0 Å². The highest BCUT2D eigenvalue weighted by Gasteiger charge is 1.94. The summed E-state index contributed by atoms with van der Waals surface area (Å²) >= 11 is 0. The fourth-order valence-corrected chi connectivity index (χ4v) is 1.05. The van der Waals surface area contributed by atoms with Gasteiger partial charge in [-0.2, -0.15) is 0 Å². The third-order valence-corrected chi connectivity index (χ3v) is 1.77. The number of carbonyl (C=O) groups excluding carboxylic acids is 1. The van der Waals surface area contributed by atoms with Crippen LogP contribution in [0.25, 0.3) is 0 Å². The summed E-state index contributed by atoms with van der Waals surface area (Å²) in [4.78, 5) is 15.0. The zero-order chi connectivity index (χ0) is 12.5. The van der Waals surface area contributed by atoms with E-state index < -0.39 is 5.97 Å². The molecule has 1 heterocycles.